The number of azo groups is 1. The molecule has 0 aromatic carbocycles. The van der Waals surface area contributed by atoms with Gasteiger partial charge in [0.15, 0.2) is 0 Å². The summed E-state index contributed by atoms with van der Waals surface area (Å²) >= 11 is 4.88. The van der Waals surface area contributed by atoms with Gasteiger partial charge in [0.1, 0.15) is 5.88 Å². The van der Waals surface area contributed by atoms with E-state index in [1.807, 2.05) is 5.41 Å². The van der Waals surface area contributed by atoms with Crippen molar-refractivity contribution in [1.82, 2.24) is 0 Å². The minimum Gasteiger partial charge on any atom is -0.178 e. The molecule has 2 nitrogen and oxygen atoms in total. The van der Waals surface area contributed by atoms with Gasteiger partial charge in [-0.1, -0.05) is 9.45 Å². The summed E-state index contributed by atoms with van der Waals surface area (Å²) in [4.78, 5) is 0. The van der Waals surface area contributed by atoms with E-state index in [9.17, 15) is 0 Å². The molecule has 1 rings (SSSR count). The van der Waals surface area contributed by atoms with Gasteiger partial charge in [0.2, 0.25) is 0 Å². The third kappa shape index (κ3) is 1.44. The smallest absolute Gasteiger partial charge is 0.114 e. The van der Waals surface area contributed by atoms with Crippen molar-refractivity contribution in [2.75, 3.05) is 5.88 Å². The maximum absolute atomic E-state index is 4.88. The van der Waals surface area contributed by atoms with Crippen LogP contribution in [0, 0.1) is 0 Å². The first-order chi connectivity index (χ1) is 3.39. The summed E-state index contributed by atoms with van der Waals surface area (Å²) in [7, 11) is -0.0478. The van der Waals surface area contributed by atoms with Crippen LogP contribution in [0.3, 0.4) is 0 Å². The van der Waals surface area contributed by atoms with Gasteiger partial charge in [0, 0.05) is 0 Å². The lowest BCUT2D eigenvalue weighted by molar-refractivity contribution is 1.12. The Morgan fingerprint density at radius 2 is 2.57 bits per heavy atom. The van der Waals surface area contributed by atoms with Crippen molar-refractivity contribution in [3.8, 4) is 0 Å². The second-order valence-electron chi connectivity index (χ2n) is 1.05. The Balaban J connectivity index is 2.66. The maximum atomic E-state index is 4.88. The van der Waals surface area contributed by atoms with E-state index in [-0.39, 0.29) is 9.45 Å². The molecule has 0 amide bonds. The molecule has 1 unspecified atom stereocenters. The standard InChI is InChI=1S/C3H4N2S2/c6-7-2-1-4-5-3-7/h1-2H,3H2. The highest BCUT2D eigenvalue weighted by atomic mass is 32.8. The lowest BCUT2D eigenvalue weighted by Gasteiger charge is -1.92. The second kappa shape index (κ2) is 2.28. The molecule has 0 aliphatic carbocycles. The zero-order valence-electron chi connectivity index (χ0n) is 3.57. The third-order valence-electron chi connectivity index (χ3n) is 0.546. The molecule has 0 radical (unpaired) electrons. The zero-order chi connectivity index (χ0) is 5.11. The summed E-state index contributed by atoms with van der Waals surface area (Å²) in [6, 6.07) is 0. The quantitative estimate of drug-likeness (QED) is 0.482. The van der Waals surface area contributed by atoms with E-state index in [1.54, 1.807) is 6.20 Å². The van der Waals surface area contributed by atoms with Crippen LogP contribution in [0.4, 0.5) is 0 Å². The van der Waals surface area contributed by atoms with Crippen LogP contribution in [0.2, 0.25) is 0 Å². The van der Waals surface area contributed by atoms with Crippen molar-refractivity contribution in [3.05, 3.63) is 11.6 Å². The van der Waals surface area contributed by atoms with Gasteiger partial charge < -0.3 is 0 Å². The Labute approximate surface area is 48.9 Å². The largest absolute Gasteiger partial charge is 0.178 e. The van der Waals surface area contributed by atoms with E-state index in [1.165, 1.54) is 0 Å². The average molecular weight is 132 g/mol. The molecule has 0 saturated carbocycles. The predicted octanol–water partition coefficient (Wildman–Crippen LogP) is 0.961. The second-order valence-corrected chi connectivity index (χ2v) is 3.63. The summed E-state index contributed by atoms with van der Waals surface area (Å²) in [6.07, 6.45) is 1.65. The van der Waals surface area contributed by atoms with Crippen molar-refractivity contribution in [1.29, 1.82) is 0 Å². The molecule has 1 heterocycles. The van der Waals surface area contributed by atoms with E-state index in [0.717, 1.165) is 0 Å². The minimum atomic E-state index is -0.0478. The third-order valence-corrected chi connectivity index (χ3v) is 1.99. The highest BCUT2D eigenvalue weighted by Crippen LogP contribution is 1.94. The van der Waals surface area contributed by atoms with Crippen molar-refractivity contribution in [3.63, 3.8) is 0 Å². The lowest BCUT2D eigenvalue weighted by Crippen LogP contribution is -1.87. The summed E-state index contributed by atoms with van der Waals surface area (Å²) < 4.78 is 0. The number of hydrogen-bond acceptors (Lipinski definition) is 3. The van der Waals surface area contributed by atoms with Crippen molar-refractivity contribution < 1.29 is 0 Å². The van der Waals surface area contributed by atoms with Gasteiger partial charge in [-0.2, -0.15) is 10.2 Å². The molecule has 1 aliphatic heterocycles. The molecule has 0 spiro atoms. The average Bonchev–Trinajstić information content (AvgIpc) is 1.69. The van der Waals surface area contributed by atoms with Crippen LogP contribution in [-0.4, -0.2) is 5.88 Å². The normalized spacial score (nSPS) is 28.3. The molecule has 0 bridgehead atoms. The molecule has 4 heteroatoms. The molecule has 0 aromatic heterocycles. The fourth-order valence-electron chi connectivity index (χ4n) is 0.276. The van der Waals surface area contributed by atoms with Gasteiger partial charge in [0.05, 0.1) is 6.20 Å². The first kappa shape index (κ1) is 5.05. The van der Waals surface area contributed by atoms with Gasteiger partial charge in [-0.25, -0.2) is 0 Å². The van der Waals surface area contributed by atoms with Crippen molar-refractivity contribution in [2.45, 2.75) is 0 Å². The minimum absolute atomic E-state index is 0.0478. The van der Waals surface area contributed by atoms with E-state index >= 15 is 0 Å². The van der Waals surface area contributed by atoms with Gasteiger partial charge in [-0.3, -0.25) is 0 Å². The summed E-state index contributed by atoms with van der Waals surface area (Å²) in [5.74, 6) is 0.700. The van der Waals surface area contributed by atoms with E-state index < -0.39 is 0 Å². The Hall–Kier alpha value is -0.0900. The molecule has 0 fully saturated rings. The number of nitrogens with zero attached hydrogens (tertiary/aromatic N) is 2. The predicted molar refractivity (Wildman–Crippen MR) is 33.6 cm³/mol. The zero-order valence-corrected chi connectivity index (χ0v) is 5.21. The molecule has 1 atom stereocenters. The van der Waals surface area contributed by atoms with Crippen LogP contribution in [0.5, 0.6) is 0 Å². The van der Waals surface area contributed by atoms with E-state index in [2.05, 4.69) is 10.2 Å². The van der Waals surface area contributed by atoms with Crippen LogP contribution in [-0.2, 0) is 20.6 Å². The Bertz CT molecular complexity index is 138. The van der Waals surface area contributed by atoms with Crippen LogP contribution in [0.1, 0.15) is 0 Å². The molecular weight excluding hydrogens is 128 g/mol. The van der Waals surface area contributed by atoms with Gasteiger partial charge >= 0.3 is 0 Å². The molecule has 7 heavy (non-hydrogen) atoms. The number of rotatable bonds is 0. The summed E-state index contributed by atoms with van der Waals surface area (Å²) in [6.45, 7) is 0. The van der Waals surface area contributed by atoms with Crippen LogP contribution >= 0.6 is 0 Å². The van der Waals surface area contributed by atoms with Gasteiger partial charge in [-0.15, -0.1) is 0 Å². The lowest BCUT2D eigenvalue weighted by atomic mass is 11.1. The highest BCUT2D eigenvalue weighted by Gasteiger charge is 1.87. The first-order valence-electron chi connectivity index (χ1n) is 1.80. The molecule has 0 saturated heterocycles. The highest BCUT2D eigenvalue weighted by molar-refractivity contribution is 8.30. The van der Waals surface area contributed by atoms with E-state index in [0.29, 0.717) is 5.88 Å². The van der Waals surface area contributed by atoms with Crippen LogP contribution < -0.4 is 0 Å². The Kier molecular flexibility index (Phi) is 1.64. The maximum Gasteiger partial charge on any atom is 0.114 e. The van der Waals surface area contributed by atoms with Gasteiger partial charge in [0.25, 0.3) is 0 Å². The Morgan fingerprint density at radius 3 is 2.86 bits per heavy atom. The van der Waals surface area contributed by atoms with Crippen molar-refractivity contribution in [2.24, 2.45) is 10.2 Å². The van der Waals surface area contributed by atoms with Gasteiger partial charge in [-0.05, 0) is 16.6 Å². The van der Waals surface area contributed by atoms with Crippen LogP contribution in [0.25, 0.3) is 0 Å². The topological polar surface area (TPSA) is 24.7 Å². The molecule has 38 valence electrons. The summed E-state index contributed by atoms with van der Waals surface area (Å²) in [5, 5.41) is 9.21. The molecule has 0 aromatic rings. The SMILES string of the molecule is S=S1C=CN=NC1. The van der Waals surface area contributed by atoms with Crippen molar-refractivity contribution >= 4 is 20.6 Å². The summed E-state index contributed by atoms with van der Waals surface area (Å²) in [5.41, 5.74) is 0. The fourth-order valence-corrected chi connectivity index (χ4v) is 1.02. The molecular formula is C3H4N2S2. The monoisotopic (exact) mass is 132 g/mol. The molecule has 1 aliphatic rings. The Morgan fingerprint density at radius 1 is 1.71 bits per heavy atom. The van der Waals surface area contributed by atoms with Crippen LogP contribution in [0.15, 0.2) is 21.8 Å². The number of hydrogen-bond donors (Lipinski definition) is 0. The molecule has 0 N–H and O–H groups in total. The van der Waals surface area contributed by atoms with E-state index in [4.69, 9.17) is 11.2 Å². The fraction of sp³-hybridized carbons (Fsp3) is 0.333. The first-order valence-corrected chi connectivity index (χ1v) is 4.18.